The van der Waals surface area contributed by atoms with Crippen molar-refractivity contribution in [3.05, 3.63) is 33.3 Å². The van der Waals surface area contributed by atoms with Gasteiger partial charge in [-0.3, -0.25) is 10.1 Å². The zero-order valence-corrected chi connectivity index (χ0v) is 13.1. The molecule has 1 aromatic carbocycles. The maximum atomic E-state index is 12.5. The number of hydrogen-bond donors (Lipinski definition) is 0. The van der Waals surface area contributed by atoms with Crippen molar-refractivity contribution in [2.45, 2.75) is 11.8 Å². The number of piperazine rings is 1. The highest BCUT2D eigenvalue weighted by Gasteiger charge is 2.29. The molecule has 0 saturated carbocycles. The third-order valence-electron chi connectivity index (χ3n) is 3.53. The Hall–Kier alpha value is -1.22. The lowest BCUT2D eigenvalue weighted by atomic mass is 10.3. The molecule has 21 heavy (non-hydrogen) atoms. The Morgan fingerprint density at radius 3 is 2.43 bits per heavy atom. The molecule has 1 aromatic rings. The maximum Gasteiger partial charge on any atom is 0.289 e. The van der Waals surface area contributed by atoms with Gasteiger partial charge in [-0.25, -0.2) is 8.42 Å². The van der Waals surface area contributed by atoms with Gasteiger partial charge in [0.1, 0.15) is 5.02 Å². The quantitative estimate of drug-likeness (QED) is 0.617. The Morgan fingerprint density at radius 1 is 1.29 bits per heavy atom. The predicted molar refractivity (Wildman–Crippen MR) is 79.0 cm³/mol. The van der Waals surface area contributed by atoms with E-state index in [1.165, 1.54) is 16.4 Å². The van der Waals surface area contributed by atoms with E-state index in [1.54, 1.807) is 0 Å². The topological polar surface area (TPSA) is 83.8 Å². The standard InChI is InChI=1S/C12H16ClN3O4S/c1-2-14-5-7-15(8-6-14)21(19,20)10-3-4-11(13)12(9-10)16(17)18/h3-4,9H,2,5-8H2,1H3. The third-order valence-corrected chi connectivity index (χ3v) is 5.74. The Kier molecular flexibility index (Phi) is 4.82. The Balaban J connectivity index is 2.28. The van der Waals surface area contributed by atoms with Gasteiger partial charge >= 0.3 is 0 Å². The third kappa shape index (κ3) is 3.34. The van der Waals surface area contributed by atoms with Crippen LogP contribution in [0.2, 0.25) is 5.02 Å². The Morgan fingerprint density at radius 2 is 1.90 bits per heavy atom. The molecule has 1 fully saturated rings. The Bertz CT molecular complexity index is 642. The van der Waals surface area contributed by atoms with Crippen LogP contribution in [-0.2, 0) is 10.0 Å². The average molecular weight is 334 g/mol. The lowest BCUT2D eigenvalue weighted by molar-refractivity contribution is -0.384. The van der Waals surface area contributed by atoms with Crippen LogP contribution in [0.15, 0.2) is 23.1 Å². The molecule has 0 unspecified atom stereocenters. The number of halogens is 1. The Labute approximate surface area is 128 Å². The number of rotatable bonds is 4. The molecule has 1 aliphatic heterocycles. The molecule has 1 saturated heterocycles. The van der Waals surface area contributed by atoms with E-state index in [2.05, 4.69) is 4.90 Å². The zero-order chi connectivity index (χ0) is 15.6. The van der Waals surface area contributed by atoms with Crippen molar-refractivity contribution in [1.82, 2.24) is 9.21 Å². The summed E-state index contributed by atoms with van der Waals surface area (Å²) in [5.74, 6) is 0. The van der Waals surface area contributed by atoms with Crippen molar-refractivity contribution in [2.24, 2.45) is 0 Å². The molecule has 2 rings (SSSR count). The summed E-state index contributed by atoms with van der Waals surface area (Å²) in [7, 11) is -3.72. The predicted octanol–water partition coefficient (Wildman–Crippen LogP) is 1.57. The van der Waals surface area contributed by atoms with Crippen molar-refractivity contribution in [3.8, 4) is 0 Å². The molecular formula is C12H16ClN3O4S. The van der Waals surface area contributed by atoms with Gasteiger partial charge in [-0.1, -0.05) is 18.5 Å². The summed E-state index contributed by atoms with van der Waals surface area (Å²) in [5, 5.41) is 10.8. The molecule has 0 aliphatic carbocycles. The molecule has 9 heteroatoms. The van der Waals surface area contributed by atoms with Crippen molar-refractivity contribution in [1.29, 1.82) is 0 Å². The number of hydrogen-bond acceptors (Lipinski definition) is 5. The molecule has 0 spiro atoms. The van der Waals surface area contributed by atoms with E-state index < -0.39 is 20.6 Å². The maximum absolute atomic E-state index is 12.5. The minimum atomic E-state index is -3.72. The van der Waals surface area contributed by atoms with Crippen molar-refractivity contribution in [2.75, 3.05) is 32.7 Å². The lowest BCUT2D eigenvalue weighted by Crippen LogP contribution is -2.48. The fourth-order valence-electron chi connectivity index (χ4n) is 2.23. The number of nitro groups is 1. The van der Waals surface area contributed by atoms with Crippen LogP contribution < -0.4 is 0 Å². The van der Waals surface area contributed by atoms with E-state index in [1.807, 2.05) is 6.92 Å². The van der Waals surface area contributed by atoms with Gasteiger partial charge in [0, 0.05) is 32.2 Å². The molecule has 0 atom stereocenters. The zero-order valence-electron chi connectivity index (χ0n) is 11.5. The summed E-state index contributed by atoms with van der Waals surface area (Å²) >= 11 is 5.71. The van der Waals surface area contributed by atoms with Gasteiger partial charge in [0.2, 0.25) is 10.0 Å². The fraction of sp³-hybridized carbons (Fsp3) is 0.500. The van der Waals surface area contributed by atoms with E-state index in [9.17, 15) is 18.5 Å². The normalized spacial score (nSPS) is 17.8. The van der Waals surface area contributed by atoms with Crippen LogP contribution in [0.5, 0.6) is 0 Å². The second kappa shape index (κ2) is 6.27. The summed E-state index contributed by atoms with van der Waals surface area (Å²) in [4.78, 5) is 12.2. The summed E-state index contributed by atoms with van der Waals surface area (Å²) < 4.78 is 26.4. The highest BCUT2D eigenvalue weighted by Crippen LogP contribution is 2.28. The van der Waals surface area contributed by atoms with Crippen molar-refractivity contribution in [3.63, 3.8) is 0 Å². The molecule has 1 aliphatic rings. The summed E-state index contributed by atoms with van der Waals surface area (Å²) in [6.45, 7) is 4.98. The molecule has 7 nitrogen and oxygen atoms in total. The van der Waals surface area contributed by atoms with E-state index in [-0.39, 0.29) is 9.92 Å². The van der Waals surface area contributed by atoms with Gasteiger partial charge in [-0.15, -0.1) is 0 Å². The number of sulfonamides is 1. The van der Waals surface area contributed by atoms with Crippen LogP contribution in [0.1, 0.15) is 6.92 Å². The number of nitro benzene ring substituents is 1. The molecule has 116 valence electrons. The second-order valence-corrected chi connectivity index (χ2v) is 7.05. The number of likely N-dealkylation sites (N-methyl/N-ethyl adjacent to an activating group) is 1. The van der Waals surface area contributed by atoms with Crippen LogP contribution in [0.4, 0.5) is 5.69 Å². The van der Waals surface area contributed by atoms with Gasteiger partial charge in [-0.2, -0.15) is 4.31 Å². The fourth-order valence-corrected chi connectivity index (χ4v) is 3.86. The first-order valence-electron chi connectivity index (χ1n) is 6.52. The van der Waals surface area contributed by atoms with Gasteiger partial charge in [0.05, 0.1) is 9.82 Å². The summed E-state index contributed by atoms with van der Waals surface area (Å²) in [6, 6.07) is 3.57. The highest BCUT2D eigenvalue weighted by molar-refractivity contribution is 7.89. The molecular weight excluding hydrogens is 318 g/mol. The lowest BCUT2D eigenvalue weighted by Gasteiger charge is -2.33. The minimum absolute atomic E-state index is 0.0743. The first-order valence-corrected chi connectivity index (χ1v) is 8.34. The first kappa shape index (κ1) is 16.2. The van der Waals surface area contributed by atoms with Crippen LogP contribution in [0.3, 0.4) is 0 Å². The molecule has 0 radical (unpaired) electrons. The minimum Gasteiger partial charge on any atom is -0.301 e. The number of nitrogens with zero attached hydrogens (tertiary/aromatic N) is 3. The summed E-state index contributed by atoms with van der Waals surface area (Å²) in [6.07, 6.45) is 0. The van der Waals surface area contributed by atoms with Crippen molar-refractivity contribution >= 4 is 27.3 Å². The molecule has 0 N–H and O–H groups in total. The van der Waals surface area contributed by atoms with Crippen molar-refractivity contribution < 1.29 is 13.3 Å². The van der Waals surface area contributed by atoms with E-state index in [0.29, 0.717) is 26.2 Å². The summed E-state index contributed by atoms with van der Waals surface area (Å²) in [5.41, 5.74) is -0.398. The smallest absolute Gasteiger partial charge is 0.289 e. The van der Waals surface area contributed by atoms with Crippen LogP contribution in [-0.4, -0.2) is 55.3 Å². The molecule has 1 heterocycles. The van der Waals surface area contributed by atoms with E-state index in [0.717, 1.165) is 12.6 Å². The average Bonchev–Trinajstić information content (AvgIpc) is 2.47. The molecule has 0 amide bonds. The number of benzene rings is 1. The van der Waals surface area contributed by atoms with Gasteiger partial charge in [0.15, 0.2) is 0 Å². The van der Waals surface area contributed by atoms with E-state index in [4.69, 9.17) is 11.6 Å². The largest absolute Gasteiger partial charge is 0.301 e. The van der Waals surface area contributed by atoms with Gasteiger partial charge < -0.3 is 4.90 Å². The molecule has 0 bridgehead atoms. The monoisotopic (exact) mass is 333 g/mol. The second-order valence-electron chi connectivity index (χ2n) is 4.71. The SMILES string of the molecule is CCN1CCN(S(=O)(=O)c2ccc(Cl)c([N+](=O)[O-])c2)CC1. The van der Waals surface area contributed by atoms with Gasteiger partial charge in [-0.05, 0) is 18.7 Å². The van der Waals surface area contributed by atoms with Gasteiger partial charge in [0.25, 0.3) is 5.69 Å². The van der Waals surface area contributed by atoms with Crippen LogP contribution in [0, 0.1) is 10.1 Å². The van der Waals surface area contributed by atoms with E-state index >= 15 is 0 Å². The highest BCUT2D eigenvalue weighted by atomic mass is 35.5. The van der Waals surface area contributed by atoms with Crippen LogP contribution in [0.25, 0.3) is 0 Å². The molecule has 0 aromatic heterocycles. The first-order chi connectivity index (χ1) is 9.86. The van der Waals surface area contributed by atoms with Crippen LogP contribution >= 0.6 is 11.6 Å².